The third kappa shape index (κ3) is 4.13. The van der Waals surface area contributed by atoms with Gasteiger partial charge in [-0.1, -0.05) is 38.5 Å². The molecule has 114 valence electrons. The monoisotopic (exact) mass is 278 g/mol. The minimum Gasteiger partial charge on any atom is -0.312 e. The Kier molecular flexibility index (Phi) is 6.67. The SMILES string of the molecule is NCN=C(C(=NCN)C1CCCCC1)C1CCCCC1. The molecule has 0 saturated heterocycles. The summed E-state index contributed by atoms with van der Waals surface area (Å²) < 4.78 is 0. The van der Waals surface area contributed by atoms with Crippen LogP contribution in [0.4, 0.5) is 0 Å². The fourth-order valence-electron chi connectivity index (χ4n) is 3.79. The molecular formula is C16H30N4. The van der Waals surface area contributed by atoms with Crippen molar-refractivity contribution in [1.29, 1.82) is 0 Å². The van der Waals surface area contributed by atoms with Crippen LogP contribution in [0.5, 0.6) is 0 Å². The molecule has 2 fully saturated rings. The van der Waals surface area contributed by atoms with Crippen molar-refractivity contribution in [2.45, 2.75) is 64.2 Å². The maximum Gasteiger partial charge on any atom is 0.0863 e. The second-order valence-corrected chi connectivity index (χ2v) is 6.12. The molecule has 0 unspecified atom stereocenters. The van der Waals surface area contributed by atoms with E-state index >= 15 is 0 Å². The van der Waals surface area contributed by atoms with E-state index in [1.807, 2.05) is 0 Å². The van der Waals surface area contributed by atoms with E-state index < -0.39 is 0 Å². The molecule has 0 aromatic heterocycles. The number of hydrogen-bond donors (Lipinski definition) is 2. The topological polar surface area (TPSA) is 76.8 Å². The van der Waals surface area contributed by atoms with Crippen molar-refractivity contribution in [1.82, 2.24) is 0 Å². The summed E-state index contributed by atoms with van der Waals surface area (Å²) in [4.78, 5) is 9.30. The molecule has 0 spiro atoms. The second-order valence-electron chi connectivity index (χ2n) is 6.12. The highest BCUT2D eigenvalue weighted by Gasteiger charge is 2.28. The zero-order chi connectivity index (χ0) is 14.2. The van der Waals surface area contributed by atoms with Gasteiger partial charge in [0, 0.05) is 11.8 Å². The Labute approximate surface area is 123 Å². The lowest BCUT2D eigenvalue weighted by Crippen LogP contribution is -2.34. The average Bonchev–Trinajstić information content (AvgIpc) is 2.52. The molecule has 0 amide bonds. The van der Waals surface area contributed by atoms with Gasteiger partial charge in [-0.2, -0.15) is 0 Å². The zero-order valence-electron chi connectivity index (χ0n) is 12.7. The molecule has 2 aliphatic carbocycles. The van der Waals surface area contributed by atoms with Crippen LogP contribution in [0, 0.1) is 11.8 Å². The first-order chi connectivity index (χ1) is 9.86. The molecule has 2 rings (SSSR count). The molecular weight excluding hydrogens is 248 g/mol. The normalized spacial score (nSPS) is 24.1. The van der Waals surface area contributed by atoms with Crippen LogP contribution in [-0.2, 0) is 0 Å². The molecule has 0 bridgehead atoms. The Bertz CT molecular complexity index is 302. The van der Waals surface area contributed by atoms with Gasteiger partial charge >= 0.3 is 0 Å². The summed E-state index contributed by atoms with van der Waals surface area (Å²) in [5.74, 6) is 1.14. The number of aliphatic imine (C=N–C) groups is 2. The average molecular weight is 278 g/mol. The van der Waals surface area contributed by atoms with Gasteiger partial charge in [0.1, 0.15) is 0 Å². The van der Waals surface area contributed by atoms with Gasteiger partial charge in [-0.15, -0.1) is 0 Å². The molecule has 2 aliphatic rings. The molecule has 2 saturated carbocycles. The Hall–Kier alpha value is -0.740. The van der Waals surface area contributed by atoms with Crippen LogP contribution in [0.25, 0.3) is 0 Å². The Balaban J connectivity index is 2.18. The minimum absolute atomic E-state index is 0.377. The molecule has 0 aromatic rings. The van der Waals surface area contributed by atoms with Crippen molar-refractivity contribution in [3.05, 3.63) is 0 Å². The standard InChI is InChI=1S/C16H30N4/c17-11-19-15(13-7-3-1-4-8-13)16(20-12-18)14-9-5-2-6-10-14/h13-14H,1-12,17-18H2. The molecule has 0 aromatic carbocycles. The van der Waals surface area contributed by atoms with E-state index in [1.54, 1.807) is 0 Å². The lowest BCUT2D eigenvalue weighted by Gasteiger charge is -2.30. The summed E-state index contributed by atoms with van der Waals surface area (Å²) in [6.45, 7) is 0.754. The molecule has 20 heavy (non-hydrogen) atoms. The third-order valence-corrected chi connectivity index (χ3v) is 4.77. The maximum absolute atomic E-state index is 5.73. The van der Waals surface area contributed by atoms with Gasteiger partial charge in [0.15, 0.2) is 0 Å². The van der Waals surface area contributed by atoms with Gasteiger partial charge in [-0.05, 0) is 25.7 Å². The van der Waals surface area contributed by atoms with Crippen molar-refractivity contribution >= 4 is 11.4 Å². The van der Waals surface area contributed by atoms with Gasteiger partial charge in [0.2, 0.25) is 0 Å². The summed E-state index contributed by atoms with van der Waals surface area (Å²) in [5.41, 5.74) is 13.8. The molecule has 4 heteroatoms. The van der Waals surface area contributed by atoms with Crippen LogP contribution in [0.2, 0.25) is 0 Å². The maximum atomic E-state index is 5.73. The van der Waals surface area contributed by atoms with E-state index in [0.29, 0.717) is 25.2 Å². The van der Waals surface area contributed by atoms with Crippen LogP contribution in [0.3, 0.4) is 0 Å². The number of rotatable bonds is 5. The minimum atomic E-state index is 0.377. The summed E-state index contributed by atoms with van der Waals surface area (Å²) in [5, 5.41) is 0. The molecule has 0 aliphatic heterocycles. The smallest absolute Gasteiger partial charge is 0.0863 e. The lowest BCUT2D eigenvalue weighted by atomic mass is 9.77. The van der Waals surface area contributed by atoms with E-state index in [-0.39, 0.29) is 0 Å². The summed E-state index contributed by atoms with van der Waals surface area (Å²) in [6.07, 6.45) is 13.0. The van der Waals surface area contributed by atoms with Crippen LogP contribution < -0.4 is 11.5 Å². The Morgan fingerprint density at radius 1 is 0.650 bits per heavy atom. The van der Waals surface area contributed by atoms with E-state index in [2.05, 4.69) is 9.98 Å². The number of hydrogen-bond acceptors (Lipinski definition) is 4. The largest absolute Gasteiger partial charge is 0.312 e. The summed E-state index contributed by atoms with van der Waals surface area (Å²) in [6, 6.07) is 0. The van der Waals surface area contributed by atoms with E-state index in [9.17, 15) is 0 Å². The quantitative estimate of drug-likeness (QED) is 0.759. The van der Waals surface area contributed by atoms with Crippen LogP contribution in [0.15, 0.2) is 9.98 Å². The van der Waals surface area contributed by atoms with Gasteiger partial charge in [-0.3, -0.25) is 9.98 Å². The predicted molar refractivity (Wildman–Crippen MR) is 86.1 cm³/mol. The van der Waals surface area contributed by atoms with E-state index in [4.69, 9.17) is 11.5 Å². The summed E-state index contributed by atoms with van der Waals surface area (Å²) in [7, 11) is 0. The van der Waals surface area contributed by atoms with Crippen LogP contribution in [-0.4, -0.2) is 24.8 Å². The van der Waals surface area contributed by atoms with E-state index in [0.717, 1.165) is 0 Å². The van der Waals surface area contributed by atoms with Gasteiger partial charge in [-0.25, -0.2) is 0 Å². The van der Waals surface area contributed by atoms with Crippen molar-refractivity contribution in [2.75, 3.05) is 13.3 Å². The fourth-order valence-corrected chi connectivity index (χ4v) is 3.79. The zero-order valence-corrected chi connectivity index (χ0v) is 12.7. The second kappa shape index (κ2) is 8.53. The number of nitrogens with two attached hydrogens (primary N) is 2. The van der Waals surface area contributed by atoms with Crippen LogP contribution >= 0.6 is 0 Å². The van der Waals surface area contributed by atoms with Gasteiger partial charge < -0.3 is 11.5 Å². The molecule has 0 heterocycles. The highest BCUT2D eigenvalue weighted by atomic mass is 14.9. The first-order valence-corrected chi connectivity index (χ1v) is 8.36. The molecule has 4 nitrogen and oxygen atoms in total. The summed E-state index contributed by atoms with van der Waals surface area (Å²) >= 11 is 0. The molecule has 4 N–H and O–H groups in total. The first-order valence-electron chi connectivity index (χ1n) is 8.36. The Morgan fingerprint density at radius 3 is 1.30 bits per heavy atom. The van der Waals surface area contributed by atoms with Crippen molar-refractivity contribution in [3.63, 3.8) is 0 Å². The Morgan fingerprint density at radius 2 is 1.00 bits per heavy atom. The lowest BCUT2D eigenvalue weighted by molar-refractivity contribution is 0.428. The highest BCUT2D eigenvalue weighted by Crippen LogP contribution is 2.31. The number of nitrogens with zero attached hydrogens (tertiary/aromatic N) is 2. The molecule has 0 atom stereocenters. The van der Waals surface area contributed by atoms with Gasteiger partial charge in [0.05, 0.1) is 24.8 Å². The highest BCUT2D eigenvalue weighted by molar-refractivity contribution is 6.43. The fraction of sp³-hybridized carbons (Fsp3) is 0.875. The molecule has 0 radical (unpaired) electrons. The van der Waals surface area contributed by atoms with E-state index in [1.165, 1.54) is 75.6 Å². The van der Waals surface area contributed by atoms with Gasteiger partial charge in [0.25, 0.3) is 0 Å². The predicted octanol–water partition coefficient (Wildman–Crippen LogP) is 2.86. The van der Waals surface area contributed by atoms with Crippen molar-refractivity contribution < 1.29 is 0 Å². The third-order valence-electron chi connectivity index (χ3n) is 4.77. The van der Waals surface area contributed by atoms with Crippen LogP contribution in [0.1, 0.15) is 64.2 Å². The van der Waals surface area contributed by atoms with Crippen molar-refractivity contribution in [2.24, 2.45) is 33.3 Å². The first kappa shape index (κ1) is 15.6. The van der Waals surface area contributed by atoms with Crippen molar-refractivity contribution in [3.8, 4) is 0 Å².